The lowest BCUT2D eigenvalue weighted by Gasteiger charge is -2.08. The van der Waals surface area contributed by atoms with Crippen LogP contribution in [0.4, 0.5) is 14.5 Å². The normalized spacial score (nSPS) is 11.0. The van der Waals surface area contributed by atoms with E-state index in [9.17, 15) is 26.8 Å². The number of para-hydroxylation sites is 1. The average molecular weight is 383 g/mol. The highest BCUT2D eigenvalue weighted by Gasteiger charge is 2.17. The molecular weight excluding hydrogens is 368 g/mol. The fourth-order valence-electron chi connectivity index (χ4n) is 2.03. The first-order valence-corrected chi connectivity index (χ1v) is 8.88. The molecule has 2 amide bonds. The molecule has 0 aromatic heterocycles. The van der Waals surface area contributed by atoms with Crippen LogP contribution in [0.2, 0.25) is 0 Å². The molecule has 10 heteroatoms. The van der Waals surface area contributed by atoms with Crippen molar-refractivity contribution in [3.05, 3.63) is 59.7 Å². The molecule has 0 saturated carbocycles. The number of hydrogen-bond acceptors (Lipinski definition) is 4. The van der Waals surface area contributed by atoms with E-state index in [1.807, 2.05) is 5.32 Å². The molecule has 2 aromatic rings. The first kappa shape index (κ1) is 19.5. The highest BCUT2D eigenvalue weighted by molar-refractivity contribution is 7.89. The second-order valence-electron chi connectivity index (χ2n) is 5.25. The van der Waals surface area contributed by atoms with Crippen molar-refractivity contribution in [2.75, 3.05) is 11.9 Å². The number of anilines is 1. The van der Waals surface area contributed by atoms with Crippen molar-refractivity contribution in [2.24, 2.45) is 5.14 Å². The van der Waals surface area contributed by atoms with Gasteiger partial charge in [-0.3, -0.25) is 9.59 Å². The summed E-state index contributed by atoms with van der Waals surface area (Å²) in [6, 6.07) is 8.69. The first-order valence-electron chi connectivity index (χ1n) is 7.33. The summed E-state index contributed by atoms with van der Waals surface area (Å²) in [5.41, 5.74) is -0.00973. The Hall–Kier alpha value is -2.85. The Balaban J connectivity index is 1.87. The van der Waals surface area contributed by atoms with Crippen LogP contribution < -0.4 is 15.8 Å². The number of rotatable bonds is 5. The summed E-state index contributed by atoms with van der Waals surface area (Å²) in [5, 5.41) is 9.15. The van der Waals surface area contributed by atoms with Crippen molar-refractivity contribution in [1.82, 2.24) is 5.32 Å². The van der Waals surface area contributed by atoms with Gasteiger partial charge in [0.25, 0.3) is 0 Å². The molecular formula is C16H15F2N3O4S. The summed E-state index contributed by atoms with van der Waals surface area (Å²) in [4.78, 5) is 23.3. The molecule has 0 spiro atoms. The lowest BCUT2D eigenvalue weighted by molar-refractivity contribution is -0.136. The van der Waals surface area contributed by atoms with Gasteiger partial charge in [-0.05, 0) is 36.2 Å². The van der Waals surface area contributed by atoms with E-state index in [1.165, 1.54) is 24.3 Å². The third-order valence-electron chi connectivity index (χ3n) is 3.36. The van der Waals surface area contributed by atoms with Crippen LogP contribution in [0.3, 0.4) is 0 Å². The van der Waals surface area contributed by atoms with Crippen molar-refractivity contribution in [2.45, 2.75) is 11.3 Å². The van der Waals surface area contributed by atoms with E-state index in [-0.39, 0.29) is 11.4 Å². The SMILES string of the molecule is NS(=O)(=O)c1ccc(CCNC(=O)C(=O)Nc2c(F)cccc2F)cc1. The van der Waals surface area contributed by atoms with E-state index in [0.29, 0.717) is 12.0 Å². The zero-order valence-corrected chi connectivity index (χ0v) is 14.1. The molecule has 0 fully saturated rings. The van der Waals surface area contributed by atoms with Gasteiger partial charge in [0.15, 0.2) is 0 Å². The van der Waals surface area contributed by atoms with Crippen molar-refractivity contribution >= 4 is 27.5 Å². The summed E-state index contributed by atoms with van der Waals surface area (Å²) < 4.78 is 49.1. The van der Waals surface area contributed by atoms with Crippen molar-refractivity contribution in [3.8, 4) is 0 Å². The zero-order valence-electron chi connectivity index (χ0n) is 13.3. The van der Waals surface area contributed by atoms with Gasteiger partial charge in [0.1, 0.15) is 17.3 Å². The predicted molar refractivity (Wildman–Crippen MR) is 89.5 cm³/mol. The van der Waals surface area contributed by atoms with E-state index < -0.39 is 39.2 Å². The highest BCUT2D eigenvalue weighted by atomic mass is 32.2. The summed E-state index contributed by atoms with van der Waals surface area (Å²) >= 11 is 0. The second-order valence-corrected chi connectivity index (χ2v) is 6.81. The summed E-state index contributed by atoms with van der Waals surface area (Å²) in [7, 11) is -3.79. The number of nitrogens with two attached hydrogens (primary N) is 1. The minimum Gasteiger partial charge on any atom is -0.347 e. The first-order chi connectivity index (χ1) is 12.2. The zero-order chi connectivity index (χ0) is 19.3. The molecule has 0 saturated heterocycles. The van der Waals surface area contributed by atoms with Gasteiger partial charge in [-0.2, -0.15) is 0 Å². The standard InChI is InChI=1S/C16H15F2N3O4S/c17-12-2-1-3-13(18)14(12)21-16(23)15(22)20-9-8-10-4-6-11(7-5-10)26(19,24)25/h1-7H,8-9H2,(H,20,22)(H,21,23)(H2,19,24,25). The van der Waals surface area contributed by atoms with Gasteiger partial charge in [0, 0.05) is 6.54 Å². The Labute approximate surface area is 148 Å². The van der Waals surface area contributed by atoms with E-state index in [0.717, 1.165) is 18.2 Å². The quantitative estimate of drug-likeness (QED) is 0.665. The molecule has 0 aliphatic carbocycles. The third-order valence-corrected chi connectivity index (χ3v) is 4.29. The summed E-state index contributed by atoms with van der Waals surface area (Å²) in [5.74, 6) is -4.27. The summed E-state index contributed by atoms with van der Waals surface area (Å²) in [6.07, 6.45) is 0.304. The van der Waals surface area contributed by atoms with Crippen LogP contribution in [0.15, 0.2) is 47.4 Å². The van der Waals surface area contributed by atoms with Gasteiger partial charge < -0.3 is 10.6 Å². The molecule has 4 N–H and O–H groups in total. The van der Waals surface area contributed by atoms with Crippen LogP contribution in [0.25, 0.3) is 0 Å². The number of primary sulfonamides is 1. The molecule has 2 rings (SSSR count). The maximum Gasteiger partial charge on any atom is 0.313 e. The largest absolute Gasteiger partial charge is 0.347 e. The Morgan fingerprint density at radius 1 is 0.962 bits per heavy atom. The number of benzene rings is 2. The van der Waals surface area contributed by atoms with Crippen LogP contribution >= 0.6 is 0 Å². The Morgan fingerprint density at radius 2 is 1.54 bits per heavy atom. The number of nitrogens with one attached hydrogen (secondary N) is 2. The molecule has 0 heterocycles. The lowest BCUT2D eigenvalue weighted by Crippen LogP contribution is -2.36. The van der Waals surface area contributed by atoms with Gasteiger partial charge in [-0.25, -0.2) is 22.3 Å². The number of carbonyl (C=O) groups is 2. The van der Waals surface area contributed by atoms with Crippen LogP contribution in [0.1, 0.15) is 5.56 Å². The number of amides is 2. The maximum absolute atomic E-state index is 13.4. The number of sulfonamides is 1. The van der Waals surface area contributed by atoms with Crippen LogP contribution in [0.5, 0.6) is 0 Å². The molecule has 0 bridgehead atoms. The minimum absolute atomic E-state index is 0.0448. The molecule has 0 aliphatic heterocycles. The fourth-order valence-corrected chi connectivity index (χ4v) is 2.55. The number of hydrogen-bond donors (Lipinski definition) is 3. The topological polar surface area (TPSA) is 118 Å². The molecule has 0 unspecified atom stereocenters. The molecule has 7 nitrogen and oxygen atoms in total. The summed E-state index contributed by atoms with van der Waals surface area (Å²) in [6.45, 7) is 0.0563. The highest BCUT2D eigenvalue weighted by Crippen LogP contribution is 2.17. The van der Waals surface area contributed by atoms with Gasteiger partial charge >= 0.3 is 11.8 Å². The van der Waals surface area contributed by atoms with E-state index >= 15 is 0 Å². The molecule has 2 aromatic carbocycles. The van der Waals surface area contributed by atoms with Gasteiger partial charge in [0.05, 0.1) is 4.90 Å². The number of carbonyl (C=O) groups excluding carboxylic acids is 2. The Morgan fingerprint density at radius 3 is 2.08 bits per heavy atom. The molecule has 0 radical (unpaired) electrons. The van der Waals surface area contributed by atoms with Crippen molar-refractivity contribution < 1.29 is 26.8 Å². The van der Waals surface area contributed by atoms with Crippen molar-refractivity contribution in [3.63, 3.8) is 0 Å². The Kier molecular flexibility index (Phi) is 6.01. The molecule has 138 valence electrons. The third kappa shape index (κ3) is 5.07. The van der Waals surface area contributed by atoms with Crippen LogP contribution in [0, 0.1) is 11.6 Å². The van der Waals surface area contributed by atoms with Gasteiger partial charge in [-0.15, -0.1) is 0 Å². The van der Waals surface area contributed by atoms with E-state index in [4.69, 9.17) is 5.14 Å². The second kappa shape index (κ2) is 8.02. The smallest absolute Gasteiger partial charge is 0.313 e. The van der Waals surface area contributed by atoms with E-state index in [1.54, 1.807) is 0 Å². The maximum atomic E-state index is 13.4. The Bertz CT molecular complexity index is 911. The molecule has 26 heavy (non-hydrogen) atoms. The lowest BCUT2D eigenvalue weighted by atomic mass is 10.1. The minimum atomic E-state index is -3.79. The van der Waals surface area contributed by atoms with Crippen LogP contribution in [-0.4, -0.2) is 26.8 Å². The fraction of sp³-hybridized carbons (Fsp3) is 0.125. The molecule has 0 aliphatic rings. The monoisotopic (exact) mass is 383 g/mol. The van der Waals surface area contributed by atoms with Crippen LogP contribution in [-0.2, 0) is 26.0 Å². The van der Waals surface area contributed by atoms with Gasteiger partial charge in [-0.1, -0.05) is 18.2 Å². The predicted octanol–water partition coefficient (Wildman–Crippen LogP) is 0.910. The van der Waals surface area contributed by atoms with E-state index in [2.05, 4.69) is 5.32 Å². The number of halogens is 2. The van der Waals surface area contributed by atoms with Crippen molar-refractivity contribution in [1.29, 1.82) is 0 Å². The van der Waals surface area contributed by atoms with Gasteiger partial charge in [0.2, 0.25) is 10.0 Å². The average Bonchev–Trinajstić information content (AvgIpc) is 2.57. The molecule has 0 atom stereocenters.